The van der Waals surface area contributed by atoms with Crippen molar-refractivity contribution < 1.29 is 9.47 Å². The number of aromatic amines is 1. The van der Waals surface area contributed by atoms with Crippen molar-refractivity contribution in [1.29, 1.82) is 0 Å². The lowest BCUT2D eigenvalue weighted by molar-refractivity contribution is -0.0340. The Bertz CT molecular complexity index is 1240. The first-order valence-electron chi connectivity index (χ1n) is 11.5. The molecule has 0 atom stereocenters. The van der Waals surface area contributed by atoms with Gasteiger partial charge in [-0.2, -0.15) is 0 Å². The van der Waals surface area contributed by atoms with Gasteiger partial charge in [-0.1, -0.05) is 13.8 Å². The fourth-order valence-corrected chi connectivity index (χ4v) is 4.88. The average Bonchev–Trinajstić information content (AvgIpc) is 2.79. The molecule has 1 aromatic carbocycles. The van der Waals surface area contributed by atoms with Crippen LogP contribution in [0.2, 0.25) is 0 Å². The first-order chi connectivity index (χ1) is 16.0. The van der Waals surface area contributed by atoms with Crippen molar-refractivity contribution in [3.63, 3.8) is 0 Å². The van der Waals surface area contributed by atoms with Gasteiger partial charge in [0.05, 0.1) is 29.8 Å². The molecule has 2 aromatic heterocycles. The molecule has 0 unspecified atom stereocenters. The lowest BCUT2D eigenvalue weighted by Gasteiger charge is -2.38. The predicted molar refractivity (Wildman–Crippen MR) is 143 cm³/mol. The van der Waals surface area contributed by atoms with Gasteiger partial charge >= 0.3 is 0 Å². The highest BCUT2D eigenvalue weighted by atomic mass is 35.5. The van der Waals surface area contributed by atoms with E-state index in [1.54, 1.807) is 14.2 Å². The molecule has 190 valence electrons. The minimum absolute atomic E-state index is 0. The molecule has 0 saturated carbocycles. The predicted octanol–water partition coefficient (Wildman–Crippen LogP) is 3.69. The van der Waals surface area contributed by atoms with E-state index in [9.17, 15) is 4.79 Å². The number of halogens is 2. The van der Waals surface area contributed by atoms with Crippen LogP contribution in [0.15, 0.2) is 29.2 Å². The number of nitrogens with zero attached hydrogens (tertiary/aromatic N) is 4. The summed E-state index contributed by atoms with van der Waals surface area (Å²) in [5, 5.41) is 0.641. The Morgan fingerprint density at radius 3 is 2.66 bits per heavy atom. The van der Waals surface area contributed by atoms with Crippen LogP contribution in [0.5, 0.6) is 5.75 Å². The molecule has 0 spiro atoms. The van der Waals surface area contributed by atoms with E-state index in [0.717, 1.165) is 49.6 Å². The molecule has 35 heavy (non-hydrogen) atoms. The molecule has 2 aliphatic rings. The third-order valence-corrected chi connectivity index (χ3v) is 6.82. The molecule has 1 fully saturated rings. The van der Waals surface area contributed by atoms with Gasteiger partial charge in [0.1, 0.15) is 5.75 Å². The minimum atomic E-state index is -0.104. The third kappa shape index (κ3) is 5.26. The first-order valence-corrected chi connectivity index (χ1v) is 11.5. The van der Waals surface area contributed by atoms with Gasteiger partial charge in [-0.05, 0) is 41.2 Å². The SMILES string of the molecule is COc1cc(C(C)C)c2c(=O)[nH]c(N3CCc4c(ccnc4CN4CC(OC)C4)C3)nc2c1.Cl.Cl. The standard InChI is InChI=1S/C25H31N5O3.2ClH/c1-15(2)20-9-17(32-3)10-21-23(20)24(31)28-25(27-21)30-8-6-19-16(11-30)5-7-26-22(19)14-29-12-18(13-29)33-4;;/h5,7,9-10,15,18H,6,8,11-14H2,1-4H3,(H,27,28,31);2*1H. The summed E-state index contributed by atoms with van der Waals surface area (Å²) >= 11 is 0. The zero-order chi connectivity index (χ0) is 23.1. The molecule has 0 amide bonds. The number of hydrogen-bond acceptors (Lipinski definition) is 7. The van der Waals surface area contributed by atoms with Crippen LogP contribution in [0.25, 0.3) is 10.9 Å². The van der Waals surface area contributed by atoms with Gasteiger partial charge in [-0.25, -0.2) is 4.98 Å². The van der Waals surface area contributed by atoms with E-state index in [1.165, 1.54) is 11.1 Å². The minimum Gasteiger partial charge on any atom is -0.497 e. The zero-order valence-electron chi connectivity index (χ0n) is 20.5. The molecule has 0 radical (unpaired) electrons. The molecule has 1 saturated heterocycles. The summed E-state index contributed by atoms with van der Waals surface area (Å²) in [5.74, 6) is 1.51. The quantitative estimate of drug-likeness (QED) is 0.529. The lowest BCUT2D eigenvalue weighted by atomic mass is 9.97. The lowest BCUT2D eigenvalue weighted by Crippen LogP contribution is -2.51. The first kappa shape index (κ1) is 27.2. The van der Waals surface area contributed by atoms with Gasteiger partial charge in [-0.3, -0.25) is 19.7 Å². The Balaban J connectivity index is 0.00000171. The van der Waals surface area contributed by atoms with E-state index in [2.05, 4.69) is 39.7 Å². The van der Waals surface area contributed by atoms with Crippen molar-refractivity contribution in [2.24, 2.45) is 0 Å². The normalized spacial score (nSPS) is 15.9. The summed E-state index contributed by atoms with van der Waals surface area (Å²) in [4.78, 5) is 30.2. The Labute approximate surface area is 217 Å². The van der Waals surface area contributed by atoms with Crippen LogP contribution in [-0.4, -0.2) is 59.8 Å². The maximum absolute atomic E-state index is 13.1. The molecule has 10 heteroatoms. The Kier molecular flexibility index (Phi) is 8.64. The van der Waals surface area contributed by atoms with Crippen LogP contribution < -0.4 is 15.2 Å². The molecule has 3 aromatic rings. The highest BCUT2D eigenvalue weighted by Gasteiger charge is 2.29. The number of hydrogen-bond donors (Lipinski definition) is 1. The van der Waals surface area contributed by atoms with Crippen LogP contribution in [0.4, 0.5) is 5.95 Å². The smallest absolute Gasteiger partial charge is 0.260 e. The van der Waals surface area contributed by atoms with Crippen molar-refractivity contribution in [2.75, 3.05) is 38.8 Å². The molecule has 4 heterocycles. The Hall–Kier alpha value is -2.39. The van der Waals surface area contributed by atoms with E-state index in [0.29, 0.717) is 29.5 Å². The molecule has 0 bridgehead atoms. The fraction of sp³-hybridized carbons (Fsp3) is 0.480. The highest BCUT2D eigenvalue weighted by Crippen LogP contribution is 2.30. The summed E-state index contributed by atoms with van der Waals surface area (Å²) in [7, 11) is 3.41. The van der Waals surface area contributed by atoms with Crippen LogP contribution >= 0.6 is 24.8 Å². The van der Waals surface area contributed by atoms with E-state index in [4.69, 9.17) is 14.5 Å². The topological polar surface area (TPSA) is 83.6 Å². The molecular weight excluding hydrogens is 489 g/mol. The van der Waals surface area contributed by atoms with E-state index < -0.39 is 0 Å². The molecular formula is C25H33Cl2N5O3. The number of benzene rings is 1. The van der Waals surface area contributed by atoms with Crippen molar-refractivity contribution in [3.8, 4) is 5.75 Å². The van der Waals surface area contributed by atoms with E-state index in [-0.39, 0.29) is 36.3 Å². The second-order valence-corrected chi connectivity index (χ2v) is 9.27. The monoisotopic (exact) mass is 521 g/mol. The number of rotatable bonds is 6. The van der Waals surface area contributed by atoms with Crippen LogP contribution in [0, 0.1) is 0 Å². The fourth-order valence-electron chi connectivity index (χ4n) is 4.88. The highest BCUT2D eigenvalue weighted by molar-refractivity contribution is 5.86. The van der Waals surface area contributed by atoms with Gasteiger partial charge in [0.2, 0.25) is 5.95 Å². The molecule has 0 aliphatic carbocycles. The maximum Gasteiger partial charge on any atom is 0.260 e. The number of H-pyrrole nitrogens is 1. The summed E-state index contributed by atoms with van der Waals surface area (Å²) in [6.07, 6.45) is 3.10. The zero-order valence-corrected chi connectivity index (χ0v) is 22.2. The molecule has 8 nitrogen and oxygen atoms in total. The van der Waals surface area contributed by atoms with Gasteiger partial charge in [-0.15, -0.1) is 24.8 Å². The van der Waals surface area contributed by atoms with E-state index in [1.807, 2.05) is 18.3 Å². The summed E-state index contributed by atoms with van der Waals surface area (Å²) in [5.41, 5.74) is 5.23. The van der Waals surface area contributed by atoms with Crippen LogP contribution in [0.3, 0.4) is 0 Å². The maximum atomic E-state index is 13.1. The number of pyridine rings is 1. The number of nitrogens with one attached hydrogen (secondary N) is 1. The largest absolute Gasteiger partial charge is 0.497 e. The molecule has 5 rings (SSSR count). The van der Waals surface area contributed by atoms with Gasteiger partial charge < -0.3 is 14.4 Å². The van der Waals surface area contributed by atoms with Crippen molar-refractivity contribution in [1.82, 2.24) is 19.9 Å². The second kappa shape index (κ2) is 11.1. The van der Waals surface area contributed by atoms with Gasteiger partial charge in [0.25, 0.3) is 5.56 Å². The summed E-state index contributed by atoms with van der Waals surface area (Å²) < 4.78 is 10.9. The summed E-state index contributed by atoms with van der Waals surface area (Å²) in [6.45, 7) is 8.39. The summed E-state index contributed by atoms with van der Waals surface area (Å²) in [6, 6.07) is 5.86. The number of methoxy groups -OCH3 is 2. The third-order valence-electron chi connectivity index (χ3n) is 6.82. The van der Waals surface area contributed by atoms with Crippen LogP contribution in [-0.2, 0) is 24.2 Å². The number of likely N-dealkylation sites (tertiary alicyclic amines) is 1. The average molecular weight is 522 g/mol. The number of ether oxygens (including phenoxy) is 2. The Morgan fingerprint density at radius 2 is 1.97 bits per heavy atom. The number of fused-ring (bicyclic) bond motifs is 2. The molecule has 2 aliphatic heterocycles. The number of aromatic nitrogens is 3. The van der Waals surface area contributed by atoms with Crippen molar-refractivity contribution >= 4 is 41.7 Å². The Morgan fingerprint density at radius 1 is 1.20 bits per heavy atom. The van der Waals surface area contributed by atoms with E-state index >= 15 is 0 Å². The van der Waals surface area contributed by atoms with Crippen molar-refractivity contribution in [2.45, 2.75) is 45.4 Å². The second-order valence-electron chi connectivity index (χ2n) is 9.27. The van der Waals surface area contributed by atoms with Gasteiger partial charge in [0, 0.05) is 52.1 Å². The molecule has 1 N–H and O–H groups in total. The number of anilines is 1. The van der Waals surface area contributed by atoms with Gasteiger partial charge in [0.15, 0.2) is 0 Å². The van der Waals surface area contributed by atoms with Crippen molar-refractivity contribution in [3.05, 3.63) is 57.1 Å². The van der Waals surface area contributed by atoms with Crippen LogP contribution in [0.1, 0.15) is 42.1 Å².